The van der Waals surface area contributed by atoms with E-state index in [2.05, 4.69) is 0 Å². The fraction of sp³-hybridized carbons (Fsp3) is 0.300. The molecule has 0 unspecified atom stereocenters. The van der Waals surface area contributed by atoms with Gasteiger partial charge in [-0.05, 0) is 18.2 Å². The van der Waals surface area contributed by atoms with Crippen molar-refractivity contribution in [3.05, 3.63) is 23.2 Å². The van der Waals surface area contributed by atoms with E-state index in [1.54, 1.807) is 0 Å². The molecule has 0 saturated heterocycles. The average Bonchev–Trinajstić information content (AvgIpc) is 2.28. The third-order valence-electron chi connectivity index (χ3n) is 2.17. The zero-order valence-electron chi connectivity index (χ0n) is 9.75. The van der Waals surface area contributed by atoms with Crippen LogP contribution in [0.1, 0.15) is 0 Å². The molecule has 100 valence electrons. The highest BCUT2D eigenvalue weighted by Crippen LogP contribution is 2.28. The number of rotatable bonds is 5. The van der Waals surface area contributed by atoms with Crippen LogP contribution >= 0.6 is 11.6 Å². The molecule has 0 heterocycles. The molecule has 1 aromatic rings. The van der Waals surface area contributed by atoms with Crippen molar-refractivity contribution in [3.8, 4) is 5.75 Å². The smallest absolute Gasteiger partial charge is 0.318 e. The second-order valence-corrected chi connectivity index (χ2v) is 5.90. The van der Waals surface area contributed by atoms with Gasteiger partial charge in [-0.1, -0.05) is 11.6 Å². The SMILES string of the molecule is COc1ccc(Cl)cc1S(=O)(=O)N(C)CC(=O)O. The third-order valence-corrected chi connectivity index (χ3v) is 4.23. The Hall–Kier alpha value is -1.31. The molecule has 0 aliphatic carbocycles. The number of carboxylic acid groups (broad SMARTS) is 1. The van der Waals surface area contributed by atoms with Crippen molar-refractivity contribution in [2.75, 3.05) is 20.7 Å². The predicted octanol–water partition coefficient (Wildman–Crippen LogP) is 1.05. The van der Waals surface area contributed by atoms with Gasteiger partial charge in [0.2, 0.25) is 10.0 Å². The maximum absolute atomic E-state index is 12.1. The van der Waals surface area contributed by atoms with Crippen molar-refractivity contribution >= 4 is 27.6 Å². The standard InChI is InChI=1S/C10H12ClNO5S/c1-12(6-10(13)14)18(15,16)9-5-7(11)3-4-8(9)17-2/h3-5H,6H2,1-2H3,(H,13,14). The maximum Gasteiger partial charge on any atom is 0.318 e. The van der Waals surface area contributed by atoms with E-state index >= 15 is 0 Å². The number of likely N-dealkylation sites (N-methyl/N-ethyl adjacent to an activating group) is 1. The molecule has 1 rings (SSSR count). The Morgan fingerprint density at radius 1 is 1.50 bits per heavy atom. The Bertz CT molecular complexity index is 557. The first-order chi connectivity index (χ1) is 8.28. The van der Waals surface area contributed by atoms with Gasteiger partial charge in [0.1, 0.15) is 17.2 Å². The second kappa shape index (κ2) is 5.55. The molecular weight excluding hydrogens is 282 g/mol. The molecule has 0 spiro atoms. The predicted molar refractivity (Wildman–Crippen MR) is 65.5 cm³/mol. The number of benzene rings is 1. The number of halogens is 1. The van der Waals surface area contributed by atoms with Gasteiger partial charge in [0.05, 0.1) is 7.11 Å². The highest BCUT2D eigenvalue weighted by molar-refractivity contribution is 7.89. The lowest BCUT2D eigenvalue weighted by Gasteiger charge is -2.17. The van der Waals surface area contributed by atoms with Gasteiger partial charge in [0.15, 0.2) is 0 Å². The molecule has 8 heteroatoms. The molecule has 0 atom stereocenters. The number of nitrogens with zero attached hydrogens (tertiary/aromatic N) is 1. The van der Waals surface area contributed by atoms with E-state index in [9.17, 15) is 13.2 Å². The lowest BCUT2D eigenvalue weighted by atomic mass is 10.3. The first kappa shape index (κ1) is 14.7. The van der Waals surface area contributed by atoms with Gasteiger partial charge in [-0.15, -0.1) is 0 Å². The molecule has 0 saturated carbocycles. The van der Waals surface area contributed by atoms with E-state index < -0.39 is 22.5 Å². The van der Waals surface area contributed by atoms with Gasteiger partial charge in [-0.3, -0.25) is 4.79 Å². The minimum Gasteiger partial charge on any atom is -0.495 e. The number of ether oxygens (including phenoxy) is 1. The lowest BCUT2D eigenvalue weighted by molar-refractivity contribution is -0.137. The van der Waals surface area contributed by atoms with Crippen molar-refractivity contribution in [3.63, 3.8) is 0 Å². The molecule has 0 aromatic heterocycles. The minimum absolute atomic E-state index is 0.108. The van der Waals surface area contributed by atoms with E-state index in [0.717, 1.165) is 0 Å². The Labute approximate surface area is 110 Å². The zero-order valence-corrected chi connectivity index (χ0v) is 11.3. The van der Waals surface area contributed by atoms with E-state index in [-0.39, 0.29) is 15.7 Å². The van der Waals surface area contributed by atoms with E-state index in [1.807, 2.05) is 0 Å². The number of hydrogen-bond donors (Lipinski definition) is 1. The highest BCUT2D eigenvalue weighted by Gasteiger charge is 2.26. The average molecular weight is 294 g/mol. The molecule has 0 aliphatic rings. The molecule has 6 nitrogen and oxygen atoms in total. The monoisotopic (exact) mass is 293 g/mol. The Kier molecular flexibility index (Phi) is 4.55. The largest absolute Gasteiger partial charge is 0.495 e. The molecule has 0 bridgehead atoms. The van der Waals surface area contributed by atoms with E-state index in [4.69, 9.17) is 21.4 Å². The second-order valence-electron chi connectivity index (χ2n) is 3.45. The first-order valence-electron chi connectivity index (χ1n) is 4.80. The summed E-state index contributed by atoms with van der Waals surface area (Å²) >= 11 is 5.74. The molecular formula is C10H12ClNO5S. The fourth-order valence-corrected chi connectivity index (χ4v) is 2.83. The van der Waals surface area contributed by atoms with Crippen LogP contribution in [0.2, 0.25) is 5.02 Å². The summed E-state index contributed by atoms with van der Waals surface area (Å²) in [5, 5.41) is 8.83. The molecule has 18 heavy (non-hydrogen) atoms. The summed E-state index contributed by atoms with van der Waals surface area (Å²) in [4.78, 5) is 10.4. The normalized spacial score (nSPS) is 11.6. The quantitative estimate of drug-likeness (QED) is 0.877. The number of methoxy groups -OCH3 is 1. The molecule has 1 N–H and O–H groups in total. The van der Waals surface area contributed by atoms with E-state index in [1.165, 1.54) is 32.4 Å². The Balaban J connectivity index is 3.27. The van der Waals surface area contributed by atoms with Crippen LogP contribution in [-0.4, -0.2) is 44.5 Å². The summed E-state index contributed by atoms with van der Waals surface area (Å²) < 4.78 is 29.9. The molecule has 0 radical (unpaired) electrons. The van der Waals surface area contributed by atoms with E-state index in [0.29, 0.717) is 4.31 Å². The number of hydrogen-bond acceptors (Lipinski definition) is 4. The number of carboxylic acids is 1. The van der Waals surface area contributed by atoms with Crippen molar-refractivity contribution in [1.29, 1.82) is 0 Å². The Morgan fingerprint density at radius 2 is 2.11 bits per heavy atom. The molecule has 0 aliphatic heterocycles. The topological polar surface area (TPSA) is 83.9 Å². The van der Waals surface area contributed by atoms with Crippen molar-refractivity contribution < 1.29 is 23.1 Å². The van der Waals surface area contributed by atoms with Crippen molar-refractivity contribution in [1.82, 2.24) is 4.31 Å². The van der Waals surface area contributed by atoms with Gasteiger partial charge in [-0.25, -0.2) is 8.42 Å². The summed E-state index contributed by atoms with van der Waals surface area (Å²) in [7, 11) is -1.47. The molecule has 0 fully saturated rings. The minimum atomic E-state index is -3.96. The van der Waals surface area contributed by atoms with Crippen LogP contribution in [0.5, 0.6) is 5.75 Å². The number of aliphatic carboxylic acids is 1. The van der Waals surface area contributed by atoms with Crippen molar-refractivity contribution in [2.24, 2.45) is 0 Å². The third kappa shape index (κ3) is 3.12. The van der Waals surface area contributed by atoms with Crippen LogP contribution in [-0.2, 0) is 14.8 Å². The van der Waals surface area contributed by atoms with Crippen LogP contribution in [0.4, 0.5) is 0 Å². The first-order valence-corrected chi connectivity index (χ1v) is 6.62. The van der Waals surface area contributed by atoms with Crippen molar-refractivity contribution in [2.45, 2.75) is 4.90 Å². The Morgan fingerprint density at radius 3 is 2.61 bits per heavy atom. The number of carbonyl (C=O) groups is 1. The van der Waals surface area contributed by atoms with Gasteiger partial charge >= 0.3 is 5.97 Å². The summed E-state index contributed by atoms with van der Waals surface area (Å²) in [6.07, 6.45) is 0. The van der Waals surface area contributed by atoms with Crippen LogP contribution in [0.3, 0.4) is 0 Å². The maximum atomic E-state index is 12.1. The summed E-state index contributed by atoms with van der Waals surface area (Å²) in [6, 6.07) is 4.11. The van der Waals surface area contributed by atoms with Crippen LogP contribution in [0.25, 0.3) is 0 Å². The van der Waals surface area contributed by atoms with Crippen LogP contribution < -0.4 is 4.74 Å². The van der Waals surface area contributed by atoms with Gasteiger partial charge in [-0.2, -0.15) is 4.31 Å². The molecule has 1 aromatic carbocycles. The summed E-state index contributed by atoms with van der Waals surface area (Å²) in [5.74, 6) is -1.14. The summed E-state index contributed by atoms with van der Waals surface area (Å²) in [5.41, 5.74) is 0. The van der Waals surface area contributed by atoms with Crippen LogP contribution in [0.15, 0.2) is 23.1 Å². The van der Waals surface area contributed by atoms with Gasteiger partial charge < -0.3 is 9.84 Å². The van der Waals surface area contributed by atoms with Gasteiger partial charge in [0.25, 0.3) is 0 Å². The lowest BCUT2D eigenvalue weighted by Crippen LogP contribution is -2.32. The van der Waals surface area contributed by atoms with Gasteiger partial charge in [0, 0.05) is 12.1 Å². The fourth-order valence-electron chi connectivity index (χ4n) is 1.30. The summed E-state index contributed by atoms with van der Waals surface area (Å²) in [6.45, 7) is -0.641. The van der Waals surface area contributed by atoms with Crippen LogP contribution in [0, 0.1) is 0 Å². The molecule has 0 amide bonds. The zero-order chi connectivity index (χ0) is 13.9. The number of sulfonamides is 1. The highest BCUT2D eigenvalue weighted by atomic mass is 35.5.